The number of ether oxygens (including phenoxy) is 1. The Labute approximate surface area is 200 Å². The van der Waals surface area contributed by atoms with Gasteiger partial charge in [-0.05, 0) is 37.8 Å². The van der Waals surface area contributed by atoms with Crippen LogP contribution < -0.4 is 20.1 Å². The highest BCUT2D eigenvalue weighted by Crippen LogP contribution is 2.49. The fourth-order valence-corrected chi connectivity index (χ4v) is 5.43. The molecule has 1 aromatic carbocycles. The van der Waals surface area contributed by atoms with Crippen molar-refractivity contribution in [3.05, 3.63) is 35.6 Å². The molecule has 1 fully saturated rings. The lowest BCUT2D eigenvalue weighted by molar-refractivity contribution is -0.138. The summed E-state index contributed by atoms with van der Waals surface area (Å²) >= 11 is 6.10. The predicted molar refractivity (Wildman–Crippen MR) is 124 cm³/mol. The van der Waals surface area contributed by atoms with Crippen molar-refractivity contribution in [2.75, 3.05) is 19.5 Å². The number of nitrogen functional groups attached to an aromatic ring is 1. The molecule has 0 aliphatic heterocycles. The highest BCUT2D eigenvalue weighted by molar-refractivity contribution is 7.52. The third-order valence-corrected chi connectivity index (χ3v) is 7.40. The number of anilines is 1. The second-order valence-electron chi connectivity index (χ2n) is 7.91. The molecule has 2 aromatic heterocycles. The minimum Gasteiger partial charge on any atom is -0.480 e. The Morgan fingerprint density at radius 1 is 1.38 bits per heavy atom. The number of carboxylic acid groups (broad SMARTS) is 1. The Bertz CT molecular complexity index is 1250. The van der Waals surface area contributed by atoms with E-state index in [-0.39, 0.29) is 35.3 Å². The van der Waals surface area contributed by atoms with Gasteiger partial charge in [0.25, 0.3) is 0 Å². The van der Waals surface area contributed by atoms with Crippen LogP contribution in [0.1, 0.15) is 25.8 Å². The summed E-state index contributed by atoms with van der Waals surface area (Å²) in [5, 5.41) is 11.9. The van der Waals surface area contributed by atoms with Gasteiger partial charge in [0.1, 0.15) is 11.8 Å². The molecule has 12 nitrogen and oxygen atoms in total. The number of nitrogens with zero attached hydrogens (tertiary/aromatic N) is 4. The van der Waals surface area contributed by atoms with Crippen molar-refractivity contribution in [1.82, 2.24) is 24.6 Å². The van der Waals surface area contributed by atoms with E-state index in [0.717, 1.165) is 0 Å². The quantitative estimate of drug-likeness (QED) is 0.343. The van der Waals surface area contributed by atoms with Crippen LogP contribution in [0.5, 0.6) is 11.6 Å². The highest BCUT2D eigenvalue weighted by Gasteiger charge is 2.37. The number of imidazole rings is 1. The van der Waals surface area contributed by atoms with Crippen molar-refractivity contribution in [2.45, 2.75) is 31.8 Å². The first-order valence-corrected chi connectivity index (χ1v) is 12.3. The van der Waals surface area contributed by atoms with E-state index >= 15 is 0 Å². The van der Waals surface area contributed by atoms with Gasteiger partial charge in [-0.25, -0.2) is 9.55 Å². The van der Waals surface area contributed by atoms with Gasteiger partial charge in [0, 0.05) is 6.04 Å². The lowest BCUT2D eigenvalue weighted by atomic mass is 9.81. The molecular weight excluding hydrogens is 487 g/mol. The van der Waals surface area contributed by atoms with E-state index in [1.165, 1.54) is 20.1 Å². The van der Waals surface area contributed by atoms with Crippen molar-refractivity contribution in [1.29, 1.82) is 0 Å². The molecule has 4 N–H and O–H groups in total. The number of carboxylic acids is 1. The lowest BCUT2D eigenvalue weighted by Gasteiger charge is -2.36. The van der Waals surface area contributed by atoms with Crippen molar-refractivity contribution in [3.63, 3.8) is 0 Å². The number of nitrogens with one attached hydrogen (secondary N) is 1. The summed E-state index contributed by atoms with van der Waals surface area (Å²) in [5.74, 6) is -0.633. The summed E-state index contributed by atoms with van der Waals surface area (Å²) in [4.78, 5) is 23.9. The fraction of sp³-hybridized carbons (Fsp3) is 0.400. The van der Waals surface area contributed by atoms with Gasteiger partial charge in [-0.1, -0.05) is 23.7 Å². The summed E-state index contributed by atoms with van der Waals surface area (Å²) in [6.07, 6.45) is 3.04. The Morgan fingerprint density at radius 3 is 2.79 bits per heavy atom. The summed E-state index contributed by atoms with van der Waals surface area (Å²) in [6.45, 7) is 1.43. The molecular formula is C20H24ClN6O6P. The van der Waals surface area contributed by atoms with Gasteiger partial charge in [0.15, 0.2) is 11.2 Å². The van der Waals surface area contributed by atoms with E-state index in [1.54, 1.807) is 24.5 Å². The van der Waals surface area contributed by atoms with E-state index in [4.69, 9.17) is 31.1 Å². The first kappa shape index (κ1) is 24.2. The summed E-state index contributed by atoms with van der Waals surface area (Å²) in [5.41, 5.74) is 6.86. The van der Waals surface area contributed by atoms with Crippen molar-refractivity contribution >= 4 is 42.4 Å². The van der Waals surface area contributed by atoms with Crippen LogP contribution in [0.25, 0.3) is 11.2 Å². The number of para-hydroxylation sites is 1. The van der Waals surface area contributed by atoms with Crippen LogP contribution in [0.2, 0.25) is 5.02 Å². The molecule has 182 valence electrons. The van der Waals surface area contributed by atoms with Crippen LogP contribution in [-0.2, 0) is 13.9 Å². The summed E-state index contributed by atoms with van der Waals surface area (Å²) in [6, 6.07) is 5.35. The molecule has 1 aliphatic rings. The van der Waals surface area contributed by atoms with Gasteiger partial charge in [-0.2, -0.15) is 15.1 Å². The highest BCUT2D eigenvalue weighted by atomic mass is 35.5. The molecule has 14 heteroatoms. The van der Waals surface area contributed by atoms with E-state index in [9.17, 15) is 14.5 Å². The molecule has 3 aromatic rings. The number of nitrogens with two attached hydrogens (primary N) is 1. The average molecular weight is 511 g/mol. The SMILES string of the molecule is COc1nc(N)nc2c1ncn2C1CC(COP(=O)(NC(C)C(=O)O)Oc2ccccc2Cl)C1. The number of aromatic nitrogens is 4. The Kier molecular flexibility index (Phi) is 6.94. The zero-order chi connectivity index (χ0) is 24.5. The number of benzene rings is 1. The monoisotopic (exact) mass is 510 g/mol. The van der Waals surface area contributed by atoms with Crippen LogP contribution in [0.4, 0.5) is 5.95 Å². The van der Waals surface area contributed by atoms with Gasteiger partial charge in [-0.15, -0.1) is 0 Å². The normalized spacial score (nSPS) is 20.3. The maximum absolute atomic E-state index is 13.3. The molecule has 0 radical (unpaired) electrons. The number of hydrogen-bond donors (Lipinski definition) is 3. The van der Waals surface area contributed by atoms with Crippen molar-refractivity contribution < 1.29 is 28.3 Å². The zero-order valence-corrected chi connectivity index (χ0v) is 20.1. The minimum absolute atomic E-state index is 0.0497. The van der Waals surface area contributed by atoms with E-state index in [1.807, 2.05) is 4.57 Å². The number of halogens is 1. The minimum atomic E-state index is -4.04. The molecule has 1 aliphatic carbocycles. The van der Waals surface area contributed by atoms with Crippen molar-refractivity contribution in [2.24, 2.45) is 5.92 Å². The molecule has 4 rings (SSSR count). The first-order valence-electron chi connectivity index (χ1n) is 10.4. The van der Waals surface area contributed by atoms with Gasteiger partial charge in [-0.3, -0.25) is 9.32 Å². The van der Waals surface area contributed by atoms with Crippen LogP contribution >= 0.6 is 19.3 Å². The molecule has 2 unspecified atom stereocenters. The Hall–Kier alpha value is -2.92. The number of fused-ring (bicyclic) bond motifs is 1. The molecule has 0 amide bonds. The Morgan fingerprint density at radius 2 is 2.12 bits per heavy atom. The molecule has 1 saturated carbocycles. The number of hydrogen-bond acceptors (Lipinski definition) is 9. The summed E-state index contributed by atoms with van der Waals surface area (Å²) in [7, 11) is -2.55. The van der Waals surface area contributed by atoms with E-state index in [2.05, 4.69) is 20.0 Å². The van der Waals surface area contributed by atoms with Gasteiger partial charge < -0.3 is 24.7 Å². The fourth-order valence-electron chi connectivity index (χ4n) is 3.61. The maximum Gasteiger partial charge on any atom is 0.459 e. The van der Waals surface area contributed by atoms with E-state index in [0.29, 0.717) is 29.9 Å². The molecule has 34 heavy (non-hydrogen) atoms. The predicted octanol–water partition coefficient (Wildman–Crippen LogP) is 3.29. The zero-order valence-electron chi connectivity index (χ0n) is 18.4. The third kappa shape index (κ3) is 5.10. The number of rotatable bonds is 10. The number of aliphatic carboxylic acids is 1. The van der Waals surface area contributed by atoms with Crippen LogP contribution in [-0.4, -0.2) is 50.4 Å². The van der Waals surface area contributed by atoms with E-state index < -0.39 is 19.8 Å². The number of methoxy groups -OCH3 is 1. The molecule has 0 bridgehead atoms. The smallest absolute Gasteiger partial charge is 0.459 e. The van der Waals surface area contributed by atoms with Crippen LogP contribution in [0.3, 0.4) is 0 Å². The lowest BCUT2D eigenvalue weighted by Crippen LogP contribution is -2.35. The van der Waals surface area contributed by atoms with Gasteiger partial charge in [0.05, 0.1) is 25.1 Å². The molecule has 0 saturated heterocycles. The standard InChI is InChI=1S/C20H24ClN6O6P/c1-11(19(28)29)26-34(30,33-15-6-4-3-5-14(15)21)32-9-12-7-13(8-12)27-10-23-16-17(27)24-20(22)25-18(16)31-2/h3-6,10-13H,7-9H2,1-2H3,(H,26,30)(H,28,29)(H2,22,24,25). The number of carbonyl (C=O) groups is 1. The van der Waals surface area contributed by atoms with Crippen LogP contribution in [0, 0.1) is 5.92 Å². The molecule has 2 heterocycles. The maximum atomic E-state index is 13.3. The summed E-state index contributed by atoms with van der Waals surface area (Å²) < 4.78 is 31.6. The molecule has 2 atom stereocenters. The third-order valence-electron chi connectivity index (χ3n) is 5.46. The average Bonchev–Trinajstić information content (AvgIpc) is 3.17. The second-order valence-corrected chi connectivity index (χ2v) is 10.0. The molecule has 0 spiro atoms. The topological polar surface area (TPSA) is 164 Å². The first-order chi connectivity index (χ1) is 16.2. The van der Waals surface area contributed by atoms with Gasteiger partial charge >= 0.3 is 13.7 Å². The van der Waals surface area contributed by atoms with Crippen LogP contribution in [0.15, 0.2) is 30.6 Å². The second kappa shape index (κ2) is 9.75. The Balaban J connectivity index is 1.43. The van der Waals surface area contributed by atoms with Crippen molar-refractivity contribution in [3.8, 4) is 11.6 Å². The van der Waals surface area contributed by atoms with Gasteiger partial charge in [0.2, 0.25) is 11.8 Å². The largest absolute Gasteiger partial charge is 0.480 e.